The minimum absolute atomic E-state index is 1.10. The van der Waals surface area contributed by atoms with E-state index < -0.39 is 14.7 Å². The Morgan fingerprint density at radius 3 is 1.68 bits per heavy atom. The van der Waals surface area contributed by atoms with Gasteiger partial charge in [0.15, 0.2) is 0 Å². The Kier molecular flexibility index (Phi) is 4.80. The van der Waals surface area contributed by atoms with Crippen LogP contribution >= 0.6 is 0 Å². The third-order valence-electron chi connectivity index (χ3n) is 3.91. The van der Waals surface area contributed by atoms with Crippen molar-refractivity contribution in [2.45, 2.75) is 20.3 Å². The first-order chi connectivity index (χ1) is 10.8. The molecule has 0 aliphatic carbocycles. The van der Waals surface area contributed by atoms with Crippen molar-refractivity contribution < 1.29 is 0 Å². The zero-order valence-corrected chi connectivity index (χ0v) is 15.0. The zero-order chi connectivity index (χ0) is 15.4. The van der Waals surface area contributed by atoms with Gasteiger partial charge in [0.25, 0.3) is 0 Å². The van der Waals surface area contributed by atoms with Gasteiger partial charge in [-0.3, -0.25) is 0 Å². The van der Waals surface area contributed by atoms with Gasteiger partial charge in [-0.25, -0.2) is 0 Å². The summed E-state index contributed by atoms with van der Waals surface area (Å²) in [5.74, 6) is 0. The summed E-state index contributed by atoms with van der Waals surface area (Å²) in [6.45, 7) is 4.36. The van der Waals surface area contributed by atoms with Crippen molar-refractivity contribution in [1.29, 1.82) is 0 Å². The van der Waals surface area contributed by atoms with Crippen LogP contribution in [0.15, 0.2) is 78.9 Å². The maximum absolute atomic E-state index is 2.34. The number of hydrogen-bond acceptors (Lipinski definition) is 0. The summed E-state index contributed by atoms with van der Waals surface area (Å²) in [4.78, 5) is 0. The Labute approximate surface area is 138 Å². The van der Waals surface area contributed by atoms with Gasteiger partial charge in [0.2, 0.25) is 0 Å². The van der Waals surface area contributed by atoms with E-state index in [1.807, 2.05) is 0 Å². The van der Waals surface area contributed by atoms with Crippen LogP contribution in [0.4, 0.5) is 0 Å². The molecule has 0 N–H and O–H groups in total. The number of benzene rings is 3. The van der Waals surface area contributed by atoms with Crippen LogP contribution in [-0.4, -0.2) is 14.7 Å². The van der Waals surface area contributed by atoms with E-state index in [0.29, 0.717) is 0 Å². The molecule has 1 atom stereocenters. The van der Waals surface area contributed by atoms with Gasteiger partial charge in [0, 0.05) is 0 Å². The van der Waals surface area contributed by atoms with E-state index in [0.717, 1.165) is 6.42 Å². The third-order valence-corrected chi connectivity index (χ3v) is 9.04. The molecule has 0 spiro atoms. The van der Waals surface area contributed by atoms with Crippen LogP contribution in [0.2, 0.25) is 0 Å². The molecular weight excluding hydrogens is 327 g/mol. The third kappa shape index (κ3) is 3.34. The van der Waals surface area contributed by atoms with Crippen molar-refractivity contribution in [1.82, 2.24) is 0 Å². The summed E-state index contributed by atoms with van der Waals surface area (Å²) < 4.78 is 4.48. The average molecular weight is 348 g/mol. The van der Waals surface area contributed by atoms with E-state index in [9.17, 15) is 0 Å². The summed E-state index contributed by atoms with van der Waals surface area (Å²) in [5, 5.41) is 0. The molecule has 0 nitrogen and oxygen atoms in total. The standard InChI is InChI=1S/C21H21As/c1-3-18-11-15-21(16-12-18)22(19-7-5-4-6-8-19)20-13-9-17(2)10-14-20/h4-16H,3H2,1-2H3. The van der Waals surface area contributed by atoms with Crippen LogP contribution in [0.25, 0.3) is 0 Å². The molecule has 1 unspecified atom stereocenters. The molecule has 0 heterocycles. The predicted octanol–water partition coefficient (Wildman–Crippen LogP) is 3.07. The molecule has 3 aromatic rings. The quantitative estimate of drug-likeness (QED) is 0.636. The molecular formula is C21H21As. The van der Waals surface area contributed by atoms with Gasteiger partial charge in [-0.1, -0.05) is 0 Å². The van der Waals surface area contributed by atoms with Crippen molar-refractivity contribution in [2.75, 3.05) is 0 Å². The molecule has 3 aromatic carbocycles. The second-order valence-corrected chi connectivity index (χ2v) is 10.2. The van der Waals surface area contributed by atoms with Crippen molar-refractivity contribution in [3.63, 3.8) is 0 Å². The molecule has 1 heteroatoms. The van der Waals surface area contributed by atoms with Gasteiger partial charge < -0.3 is 0 Å². The normalized spacial score (nSPS) is 12.1. The molecule has 0 saturated heterocycles. The van der Waals surface area contributed by atoms with Crippen LogP contribution in [0, 0.1) is 6.92 Å². The van der Waals surface area contributed by atoms with Gasteiger partial charge in [0.05, 0.1) is 0 Å². The van der Waals surface area contributed by atoms with E-state index in [-0.39, 0.29) is 0 Å². The molecule has 0 radical (unpaired) electrons. The average Bonchev–Trinajstić information content (AvgIpc) is 2.58. The Balaban J connectivity index is 2.07. The second-order valence-electron chi connectivity index (χ2n) is 5.53. The second kappa shape index (κ2) is 6.99. The first-order valence-electron chi connectivity index (χ1n) is 7.78. The fourth-order valence-corrected chi connectivity index (χ4v) is 7.34. The molecule has 0 fully saturated rings. The molecule has 3 rings (SSSR count). The molecule has 0 aliphatic rings. The van der Waals surface area contributed by atoms with Crippen molar-refractivity contribution in [2.24, 2.45) is 0 Å². The molecule has 22 heavy (non-hydrogen) atoms. The summed E-state index contributed by atoms with van der Waals surface area (Å²) in [6.07, 6.45) is 1.10. The van der Waals surface area contributed by atoms with E-state index in [1.54, 1.807) is 0 Å². The summed E-state index contributed by atoms with van der Waals surface area (Å²) in [6, 6.07) is 29.3. The number of hydrogen-bond donors (Lipinski definition) is 0. The Morgan fingerprint density at radius 2 is 1.14 bits per heavy atom. The van der Waals surface area contributed by atoms with Crippen LogP contribution < -0.4 is 13.1 Å². The topological polar surface area (TPSA) is 0 Å². The summed E-state index contributed by atoms with van der Waals surface area (Å²) in [7, 11) is 0. The van der Waals surface area contributed by atoms with E-state index in [4.69, 9.17) is 0 Å². The summed E-state index contributed by atoms with van der Waals surface area (Å²) >= 11 is -1.44. The van der Waals surface area contributed by atoms with Gasteiger partial charge in [-0.05, 0) is 0 Å². The minimum atomic E-state index is -1.44. The zero-order valence-electron chi connectivity index (χ0n) is 13.2. The predicted molar refractivity (Wildman–Crippen MR) is 98.1 cm³/mol. The Hall–Kier alpha value is -1.78. The number of aryl methyl sites for hydroxylation is 2. The molecule has 0 aromatic heterocycles. The first kappa shape index (κ1) is 15.1. The fraction of sp³-hybridized carbons (Fsp3) is 0.143. The van der Waals surface area contributed by atoms with Gasteiger partial charge in [0.1, 0.15) is 0 Å². The van der Waals surface area contributed by atoms with Gasteiger partial charge >= 0.3 is 138 Å². The Morgan fingerprint density at radius 1 is 0.636 bits per heavy atom. The van der Waals surface area contributed by atoms with Crippen LogP contribution in [0.1, 0.15) is 18.1 Å². The summed E-state index contributed by atoms with van der Waals surface area (Å²) in [5.41, 5.74) is 2.74. The molecule has 0 saturated carbocycles. The van der Waals surface area contributed by atoms with E-state index in [1.165, 1.54) is 24.2 Å². The molecule has 0 aliphatic heterocycles. The van der Waals surface area contributed by atoms with Crippen molar-refractivity contribution >= 4 is 27.7 Å². The van der Waals surface area contributed by atoms with Crippen molar-refractivity contribution in [3.8, 4) is 0 Å². The van der Waals surface area contributed by atoms with Crippen molar-refractivity contribution in [3.05, 3.63) is 90.0 Å². The molecule has 0 bridgehead atoms. The molecule has 110 valence electrons. The molecule has 0 amide bonds. The maximum atomic E-state index is 2.34. The Bertz CT molecular complexity index is 712. The monoisotopic (exact) mass is 348 g/mol. The van der Waals surface area contributed by atoms with Crippen LogP contribution in [0.3, 0.4) is 0 Å². The SMILES string of the molecule is CCc1ccc([As](c2ccccc2)c2ccc(C)cc2)cc1. The fourth-order valence-electron chi connectivity index (χ4n) is 2.60. The van der Waals surface area contributed by atoms with E-state index in [2.05, 4.69) is 92.7 Å². The number of rotatable bonds is 4. The van der Waals surface area contributed by atoms with Gasteiger partial charge in [-0.2, -0.15) is 0 Å². The van der Waals surface area contributed by atoms with Crippen LogP contribution in [0.5, 0.6) is 0 Å². The van der Waals surface area contributed by atoms with Crippen LogP contribution in [-0.2, 0) is 6.42 Å². The van der Waals surface area contributed by atoms with Gasteiger partial charge in [-0.15, -0.1) is 0 Å². The first-order valence-corrected chi connectivity index (χ1v) is 10.6. The van der Waals surface area contributed by atoms with E-state index >= 15 is 0 Å².